The molecule has 2 fully saturated rings. The number of rotatable bonds is 7. The second-order valence-electron chi connectivity index (χ2n) is 9.84. The topological polar surface area (TPSA) is 75.1 Å². The summed E-state index contributed by atoms with van der Waals surface area (Å²) in [5.74, 6) is -0.103. The molecule has 0 unspecified atom stereocenters. The first-order valence-electron chi connectivity index (χ1n) is 12.5. The molecule has 14 heteroatoms. The zero-order valence-electron chi connectivity index (χ0n) is 21.1. The normalized spacial score (nSPS) is 19.1. The van der Waals surface area contributed by atoms with Gasteiger partial charge in [0.05, 0.1) is 6.54 Å². The molecule has 38 heavy (non-hydrogen) atoms. The van der Waals surface area contributed by atoms with Gasteiger partial charge in [-0.25, -0.2) is 17.2 Å². The Balaban J connectivity index is 1.51. The highest BCUT2D eigenvalue weighted by Crippen LogP contribution is 2.30. The lowest BCUT2D eigenvalue weighted by molar-refractivity contribution is -0.0497. The van der Waals surface area contributed by atoms with Gasteiger partial charge in [0, 0.05) is 56.2 Å². The molecule has 8 nitrogen and oxygen atoms in total. The lowest BCUT2D eigenvalue weighted by atomic mass is 10.1. The molecule has 0 N–H and O–H groups in total. The summed E-state index contributed by atoms with van der Waals surface area (Å²) >= 11 is 0. The minimum atomic E-state index is -5.51. The van der Waals surface area contributed by atoms with Crippen molar-refractivity contribution in [2.45, 2.75) is 57.3 Å². The number of amides is 1. The molecule has 0 atom stereocenters. The number of benzene rings is 1. The summed E-state index contributed by atoms with van der Waals surface area (Å²) in [6, 6.07) is 6.90. The van der Waals surface area contributed by atoms with Crippen molar-refractivity contribution in [3.05, 3.63) is 30.0 Å². The van der Waals surface area contributed by atoms with E-state index in [2.05, 4.69) is 18.7 Å². The summed E-state index contributed by atoms with van der Waals surface area (Å²) in [6.45, 7) is 3.66. The standard InChI is InChI=1S/C24H31F5N4O4S/c1-16(2)30-7-5-18(6-8-30)37-19-3-4-20-17(13-19)14-21(33(20)15-22(25)26)23(34)31-9-11-32(12-10-31)38(35,36)24(27,28)29/h3-4,13-14,16,18,22H,5-12,15H2,1-2H3. The lowest BCUT2D eigenvalue weighted by Gasteiger charge is -2.34. The smallest absolute Gasteiger partial charge is 0.490 e. The van der Waals surface area contributed by atoms with E-state index < -0.39 is 47.5 Å². The number of aromatic nitrogens is 1. The molecular formula is C24H31F5N4O4S. The first-order chi connectivity index (χ1) is 17.8. The minimum Gasteiger partial charge on any atom is -0.490 e. The number of fused-ring (bicyclic) bond motifs is 1. The van der Waals surface area contributed by atoms with Crippen LogP contribution in [-0.4, -0.2) is 96.3 Å². The maximum atomic E-state index is 13.4. The molecule has 1 aromatic heterocycles. The van der Waals surface area contributed by atoms with Crippen molar-refractivity contribution in [1.82, 2.24) is 18.7 Å². The fourth-order valence-electron chi connectivity index (χ4n) is 4.98. The van der Waals surface area contributed by atoms with Crippen molar-refractivity contribution in [2.24, 2.45) is 0 Å². The molecule has 2 aliphatic heterocycles. The molecule has 3 heterocycles. The first-order valence-corrected chi connectivity index (χ1v) is 13.9. The van der Waals surface area contributed by atoms with Crippen molar-refractivity contribution < 1.29 is 39.9 Å². The lowest BCUT2D eigenvalue weighted by Crippen LogP contribution is -2.53. The van der Waals surface area contributed by atoms with E-state index in [0.717, 1.165) is 25.9 Å². The molecule has 0 radical (unpaired) electrons. The van der Waals surface area contributed by atoms with Gasteiger partial charge < -0.3 is 19.1 Å². The number of hydrogen-bond acceptors (Lipinski definition) is 5. The van der Waals surface area contributed by atoms with Gasteiger partial charge in [-0.2, -0.15) is 17.5 Å². The molecular weight excluding hydrogens is 535 g/mol. The number of sulfonamides is 1. The molecule has 1 amide bonds. The van der Waals surface area contributed by atoms with Crippen molar-refractivity contribution >= 4 is 26.8 Å². The molecule has 2 aromatic rings. The number of nitrogens with zero attached hydrogens (tertiary/aromatic N) is 4. The molecule has 0 bridgehead atoms. The van der Waals surface area contributed by atoms with Gasteiger partial charge >= 0.3 is 15.5 Å². The molecule has 2 aliphatic rings. The third-order valence-corrected chi connectivity index (χ3v) is 8.71. The predicted molar refractivity (Wildman–Crippen MR) is 131 cm³/mol. The Morgan fingerprint density at radius 2 is 1.66 bits per heavy atom. The fraction of sp³-hybridized carbons (Fsp3) is 0.625. The highest BCUT2D eigenvalue weighted by molar-refractivity contribution is 7.90. The largest absolute Gasteiger partial charge is 0.511 e. The number of carbonyl (C=O) groups is 1. The predicted octanol–water partition coefficient (Wildman–Crippen LogP) is 3.77. The second kappa shape index (κ2) is 11.0. The Kier molecular flexibility index (Phi) is 8.24. The van der Waals surface area contributed by atoms with Gasteiger partial charge in [0.25, 0.3) is 12.3 Å². The molecule has 0 saturated carbocycles. The van der Waals surface area contributed by atoms with Crippen LogP contribution in [0.1, 0.15) is 37.2 Å². The van der Waals surface area contributed by atoms with E-state index in [0.29, 0.717) is 22.7 Å². The van der Waals surface area contributed by atoms with Crippen molar-refractivity contribution in [3.63, 3.8) is 0 Å². The van der Waals surface area contributed by atoms with E-state index in [1.807, 2.05) is 0 Å². The van der Waals surface area contributed by atoms with Crippen LogP contribution in [0.5, 0.6) is 5.75 Å². The van der Waals surface area contributed by atoms with Crippen LogP contribution >= 0.6 is 0 Å². The quantitative estimate of drug-likeness (QED) is 0.478. The number of carbonyl (C=O) groups excluding carboxylic acids is 1. The van der Waals surface area contributed by atoms with Gasteiger partial charge in [-0.3, -0.25) is 4.79 Å². The van der Waals surface area contributed by atoms with Gasteiger partial charge in [0.15, 0.2) is 0 Å². The SMILES string of the molecule is CC(C)N1CCC(Oc2ccc3c(c2)cc(C(=O)N2CCN(S(=O)(=O)C(F)(F)F)CC2)n3CC(F)F)CC1. The van der Waals surface area contributed by atoms with Crippen molar-refractivity contribution in [2.75, 3.05) is 39.3 Å². The van der Waals surface area contributed by atoms with E-state index in [-0.39, 0.29) is 29.2 Å². The van der Waals surface area contributed by atoms with Crippen molar-refractivity contribution in [3.8, 4) is 5.75 Å². The van der Waals surface area contributed by atoms with Gasteiger partial charge in [-0.1, -0.05) is 0 Å². The van der Waals surface area contributed by atoms with Crippen LogP contribution in [0.3, 0.4) is 0 Å². The van der Waals surface area contributed by atoms with Crippen LogP contribution in [0.4, 0.5) is 22.0 Å². The number of likely N-dealkylation sites (tertiary alicyclic amines) is 1. The number of alkyl halides is 5. The summed E-state index contributed by atoms with van der Waals surface area (Å²) in [4.78, 5) is 16.8. The molecule has 2 saturated heterocycles. The number of hydrogen-bond donors (Lipinski definition) is 0. The van der Waals surface area contributed by atoms with E-state index >= 15 is 0 Å². The maximum absolute atomic E-state index is 13.4. The Hall–Kier alpha value is -2.45. The molecule has 0 aliphatic carbocycles. The number of ether oxygens (including phenoxy) is 1. The van der Waals surface area contributed by atoms with E-state index in [1.165, 1.54) is 15.5 Å². The minimum absolute atomic E-state index is 0.0102. The summed E-state index contributed by atoms with van der Waals surface area (Å²) in [7, 11) is -5.51. The maximum Gasteiger partial charge on any atom is 0.511 e. The van der Waals surface area contributed by atoms with E-state index in [1.54, 1.807) is 18.2 Å². The fourth-order valence-corrected chi connectivity index (χ4v) is 5.91. The molecule has 1 aromatic carbocycles. The van der Waals surface area contributed by atoms with E-state index in [4.69, 9.17) is 4.74 Å². The summed E-state index contributed by atoms with van der Waals surface area (Å²) in [5, 5.41) is 0.518. The zero-order valence-corrected chi connectivity index (χ0v) is 21.9. The number of piperidine rings is 1. The highest BCUT2D eigenvalue weighted by Gasteiger charge is 2.50. The Labute approximate surface area is 218 Å². The zero-order chi connectivity index (χ0) is 27.8. The number of piperazine rings is 1. The summed E-state index contributed by atoms with van der Waals surface area (Å²) < 4.78 is 96.4. The molecule has 4 rings (SSSR count). The monoisotopic (exact) mass is 566 g/mol. The molecule has 212 valence electrons. The van der Waals surface area contributed by atoms with Crippen LogP contribution < -0.4 is 4.74 Å². The Morgan fingerprint density at radius 1 is 1.03 bits per heavy atom. The van der Waals surface area contributed by atoms with Crippen LogP contribution in [-0.2, 0) is 16.6 Å². The third-order valence-electron chi connectivity index (χ3n) is 7.08. The second-order valence-corrected chi connectivity index (χ2v) is 11.8. The average Bonchev–Trinajstić information content (AvgIpc) is 3.20. The van der Waals surface area contributed by atoms with Crippen LogP contribution in [0.25, 0.3) is 10.9 Å². The van der Waals surface area contributed by atoms with Gasteiger partial charge in [-0.15, -0.1) is 0 Å². The van der Waals surface area contributed by atoms with E-state index in [9.17, 15) is 35.2 Å². The first kappa shape index (κ1) is 28.6. The van der Waals surface area contributed by atoms with Gasteiger partial charge in [0.1, 0.15) is 17.5 Å². The summed E-state index contributed by atoms with van der Waals surface area (Å²) in [5.41, 5.74) is -5.09. The Morgan fingerprint density at radius 3 is 2.21 bits per heavy atom. The van der Waals surface area contributed by atoms with Crippen LogP contribution in [0.2, 0.25) is 0 Å². The van der Waals surface area contributed by atoms with Gasteiger partial charge in [-0.05, 0) is 51.0 Å². The Bertz CT molecular complexity index is 1250. The third kappa shape index (κ3) is 5.91. The molecule has 0 spiro atoms. The average molecular weight is 567 g/mol. The van der Waals surface area contributed by atoms with Crippen molar-refractivity contribution in [1.29, 1.82) is 0 Å². The number of halogens is 5. The summed E-state index contributed by atoms with van der Waals surface area (Å²) in [6.07, 6.45) is -1.05. The highest BCUT2D eigenvalue weighted by atomic mass is 32.2. The van der Waals surface area contributed by atoms with Crippen LogP contribution in [0, 0.1) is 0 Å². The van der Waals surface area contributed by atoms with Gasteiger partial charge in [0.2, 0.25) is 0 Å². The van der Waals surface area contributed by atoms with Crippen LogP contribution in [0.15, 0.2) is 24.3 Å².